The number of hydrogen-bond acceptors (Lipinski definition) is 3. The summed E-state index contributed by atoms with van der Waals surface area (Å²) in [4.78, 5) is 11.6. The van der Waals surface area contributed by atoms with Gasteiger partial charge in [0.25, 0.3) is 0 Å². The third-order valence-corrected chi connectivity index (χ3v) is 2.98. The summed E-state index contributed by atoms with van der Waals surface area (Å²) in [7, 11) is 0. The first-order valence-electron chi connectivity index (χ1n) is 6.77. The van der Waals surface area contributed by atoms with Gasteiger partial charge in [-0.25, -0.2) is 9.18 Å². The molecular weight excluding hydrogens is 263 g/mol. The lowest BCUT2D eigenvalue weighted by atomic mass is 10.3. The molecule has 0 bridgehead atoms. The topological polar surface area (TPSA) is 70.6 Å². The number of ether oxygens (including phenoxy) is 1. The quantitative estimate of drug-likeness (QED) is 0.671. The Kier molecular flexibility index (Phi) is 5.17. The fraction of sp³-hybridized carbons (Fsp3) is 0.500. The predicted molar refractivity (Wildman–Crippen MR) is 73.3 cm³/mol. The van der Waals surface area contributed by atoms with Crippen molar-refractivity contribution in [1.82, 2.24) is 5.32 Å². The lowest BCUT2D eigenvalue weighted by molar-refractivity contribution is 0.248. The summed E-state index contributed by atoms with van der Waals surface area (Å²) in [6.07, 6.45) is 2.77. The molecule has 1 aromatic carbocycles. The van der Waals surface area contributed by atoms with Gasteiger partial charge in [-0.15, -0.1) is 0 Å². The molecule has 0 spiro atoms. The number of rotatable bonds is 7. The van der Waals surface area contributed by atoms with E-state index >= 15 is 0 Å². The highest BCUT2D eigenvalue weighted by Gasteiger charge is 2.22. The number of halogens is 1. The normalized spacial score (nSPS) is 13.9. The number of carbonyl (C=O) groups excluding carboxylic acids is 1. The van der Waals surface area contributed by atoms with E-state index < -0.39 is 11.8 Å². The largest absolute Gasteiger partial charge is 0.491 e. The molecule has 1 fully saturated rings. The standard InChI is InChI=1S/C14H19FN2O3/c15-11-4-5-12(17-14(19)16-6-1-7-18)13(8-11)20-9-10-2-3-10/h4-5,8,10,18H,1-3,6-7,9H2,(H2,16,17,19). The molecule has 2 amide bonds. The fourth-order valence-electron chi connectivity index (χ4n) is 1.66. The van der Waals surface area contributed by atoms with Crippen molar-refractivity contribution >= 4 is 11.7 Å². The fourth-order valence-corrected chi connectivity index (χ4v) is 1.66. The number of benzene rings is 1. The summed E-state index contributed by atoms with van der Waals surface area (Å²) in [5, 5.41) is 13.8. The summed E-state index contributed by atoms with van der Waals surface area (Å²) < 4.78 is 18.8. The van der Waals surface area contributed by atoms with Gasteiger partial charge in [0.1, 0.15) is 11.6 Å². The Morgan fingerprint density at radius 1 is 1.45 bits per heavy atom. The molecule has 1 aliphatic carbocycles. The van der Waals surface area contributed by atoms with Crippen LogP contribution in [0, 0.1) is 11.7 Å². The van der Waals surface area contributed by atoms with Crippen molar-refractivity contribution in [1.29, 1.82) is 0 Å². The molecule has 2 rings (SSSR count). The average Bonchev–Trinajstić information content (AvgIpc) is 3.23. The first-order valence-corrected chi connectivity index (χ1v) is 6.77. The van der Waals surface area contributed by atoms with Crippen molar-refractivity contribution in [3.05, 3.63) is 24.0 Å². The van der Waals surface area contributed by atoms with Gasteiger partial charge in [-0.3, -0.25) is 0 Å². The number of amides is 2. The van der Waals surface area contributed by atoms with Crippen LogP contribution in [0.15, 0.2) is 18.2 Å². The number of urea groups is 1. The minimum atomic E-state index is -0.402. The van der Waals surface area contributed by atoms with Gasteiger partial charge in [0, 0.05) is 19.2 Å². The smallest absolute Gasteiger partial charge is 0.319 e. The van der Waals surface area contributed by atoms with Gasteiger partial charge in [0.05, 0.1) is 12.3 Å². The van der Waals surface area contributed by atoms with E-state index in [9.17, 15) is 9.18 Å². The maximum absolute atomic E-state index is 13.2. The van der Waals surface area contributed by atoms with Crippen LogP contribution < -0.4 is 15.4 Å². The zero-order valence-electron chi connectivity index (χ0n) is 11.2. The second-order valence-corrected chi connectivity index (χ2v) is 4.85. The number of carbonyl (C=O) groups is 1. The number of anilines is 1. The second kappa shape index (κ2) is 7.09. The number of aliphatic hydroxyl groups excluding tert-OH is 1. The molecule has 0 aliphatic heterocycles. The van der Waals surface area contributed by atoms with Crippen molar-refractivity contribution < 1.29 is 19.0 Å². The molecule has 0 atom stereocenters. The monoisotopic (exact) mass is 282 g/mol. The molecule has 0 aromatic heterocycles. The highest BCUT2D eigenvalue weighted by atomic mass is 19.1. The van der Waals surface area contributed by atoms with E-state index in [0.29, 0.717) is 36.9 Å². The van der Waals surface area contributed by atoms with E-state index in [0.717, 1.165) is 12.8 Å². The highest BCUT2D eigenvalue weighted by molar-refractivity contribution is 5.90. The Hall–Kier alpha value is -1.82. The number of hydrogen-bond donors (Lipinski definition) is 3. The Balaban J connectivity index is 1.92. The zero-order chi connectivity index (χ0) is 14.4. The van der Waals surface area contributed by atoms with Crippen LogP contribution in [0.4, 0.5) is 14.9 Å². The van der Waals surface area contributed by atoms with Gasteiger partial charge in [0.2, 0.25) is 0 Å². The van der Waals surface area contributed by atoms with E-state index in [1.54, 1.807) is 0 Å². The Morgan fingerprint density at radius 2 is 2.25 bits per heavy atom. The molecule has 110 valence electrons. The third-order valence-electron chi connectivity index (χ3n) is 2.98. The zero-order valence-corrected chi connectivity index (χ0v) is 11.2. The molecule has 1 aliphatic rings. The molecule has 0 unspecified atom stereocenters. The first kappa shape index (κ1) is 14.6. The van der Waals surface area contributed by atoms with Crippen molar-refractivity contribution in [2.24, 2.45) is 5.92 Å². The average molecular weight is 282 g/mol. The van der Waals surface area contributed by atoms with Crippen LogP contribution in [0.5, 0.6) is 5.75 Å². The Bertz CT molecular complexity index is 464. The lowest BCUT2D eigenvalue weighted by Crippen LogP contribution is -2.30. The van der Waals surface area contributed by atoms with Crippen LogP contribution in [0.25, 0.3) is 0 Å². The molecule has 1 saturated carbocycles. The molecule has 0 saturated heterocycles. The number of aliphatic hydroxyl groups is 1. The highest BCUT2D eigenvalue weighted by Crippen LogP contribution is 2.32. The summed E-state index contributed by atoms with van der Waals surface area (Å²) in [6, 6.07) is 3.61. The van der Waals surface area contributed by atoms with Crippen LogP contribution in [-0.2, 0) is 0 Å². The van der Waals surface area contributed by atoms with Gasteiger partial charge in [0.15, 0.2) is 0 Å². The van der Waals surface area contributed by atoms with Crippen molar-refractivity contribution in [3.8, 4) is 5.75 Å². The van der Waals surface area contributed by atoms with Crippen molar-refractivity contribution in [3.63, 3.8) is 0 Å². The van der Waals surface area contributed by atoms with E-state index in [2.05, 4.69) is 10.6 Å². The van der Waals surface area contributed by atoms with Gasteiger partial charge in [-0.2, -0.15) is 0 Å². The first-order chi connectivity index (χ1) is 9.69. The van der Waals surface area contributed by atoms with Gasteiger partial charge < -0.3 is 20.5 Å². The summed E-state index contributed by atoms with van der Waals surface area (Å²) in [5.74, 6) is 0.487. The van der Waals surface area contributed by atoms with E-state index in [4.69, 9.17) is 9.84 Å². The molecule has 0 heterocycles. The summed E-state index contributed by atoms with van der Waals surface area (Å²) in [5.41, 5.74) is 0.438. The Labute approximate surface area is 117 Å². The molecule has 5 nitrogen and oxygen atoms in total. The van der Waals surface area contributed by atoms with Crippen LogP contribution in [0.3, 0.4) is 0 Å². The number of nitrogens with one attached hydrogen (secondary N) is 2. The minimum absolute atomic E-state index is 0.0204. The van der Waals surface area contributed by atoms with Crippen LogP contribution >= 0.6 is 0 Å². The molecule has 6 heteroatoms. The second-order valence-electron chi connectivity index (χ2n) is 4.85. The van der Waals surface area contributed by atoms with E-state index in [-0.39, 0.29) is 6.61 Å². The van der Waals surface area contributed by atoms with Crippen LogP contribution in [0.2, 0.25) is 0 Å². The van der Waals surface area contributed by atoms with Gasteiger partial charge in [-0.05, 0) is 37.3 Å². The third kappa shape index (κ3) is 4.70. The maximum Gasteiger partial charge on any atom is 0.319 e. The maximum atomic E-state index is 13.2. The molecule has 0 radical (unpaired) electrons. The predicted octanol–water partition coefficient (Wildman–Crippen LogP) is 2.12. The van der Waals surface area contributed by atoms with Gasteiger partial charge >= 0.3 is 6.03 Å². The lowest BCUT2D eigenvalue weighted by Gasteiger charge is -2.13. The SMILES string of the molecule is O=C(NCCCO)Nc1ccc(F)cc1OCC1CC1. The summed E-state index contributed by atoms with van der Waals surface area (Å²) in [6.45, 7) is 0.943. The van der Waals surface area contributed by atoms with E-state index in [1.807, 2.05) is 0 Å². The van der Waals surface area contributed by atoms with Crippen LogP contribution in [-0.4, -0.2) is 30.9 Å². The molecule has 3 N–H and O–H groups in total. The Morgan fingerprint density at radius 3 is 2.95 bits per heavy atom. The van der Waals surface area contributed by atoms with E-state index in [1.165, 1.54) is 18.2 Å². The van der Waals surface area contributed by atoms with Crippen molar-refractivity contribution in [2.45, 2.75) is 19.3 Å². The van der Waals surface area contributed by atoms with Crippen molar-refractivity contribution in [2.75, 3.05) is 25.1 Å². The molecule has 1 aromatic rings. The molecule has 20 heavy (non-hydrogen) atoms. The van der Waals surface area contributed by atoms with Crippen LogP contribution in [0.1, 0.15) is 19.3 Å². The summed E-state index contributed by atoms with van der Waals surface area (Å²) >= 11 is 0. The molecular formula is C14H19FN2O3. The van der Waals surface area contributed by atoms with Gasteiger partial charge in [-0.1, -0.05) is 0 Å². The minimum Gasteiger partial charge on any atom is -0.491 e.